The summed E-state index contributed by atoms with van der Waals surface area (Å²) in [6.45, 7) is 3.61. The molecule has 1 fully saturated rings. The number of benzene rings is 1. The second-order valence-electron chi connectivity index (χ2n) is 6.54. The average Bonchev–Trinajstić information content (AvgIpc) is 2.55. The quantitative estimate of drug-likeness (QED) is 0.756. The van der Waals surface area contributed by atoms with Crippen LogP contribution in [-0.2, 0) is 9.59 Å². The van der Waals surface area contributed by atoms with Crippen molar-refractivity contribution in [2.24, 2.45) is 17.6 Å². The van der Waals surface area contributed by atoms with Gasteiger partial charge in [-0.05, 0) is 38.0 Å². The number of nitrogens with two attached hydrogens (primary N) is 1. The fourth-order valence-electron chi connectivity index (χ4n) is 2.78. The molecule has 0 aliphatic heterocycles. The second kappa shape index (κ2) is 9.64. The number of anilines is 2. The lowest BCUT2D eigenvalue weighted by molar-refractivity contribution is -0.121. The Hall–Kier alpha value is -1.59. The molecular formula is C18H28ClN3O2. The minimum absolute atomic E-state index is 0. The van der Waals surface area contributed by atoms with Crippen molar-refractivity contribution in [3.05, 3.63) is 24.3 Å². The minimum Gasteiger partial charge on any atom is -0.327 e. The van der Waals surface area contributed by atoms with Gasteiger partial charge in [0.1, 0.15) is 0 Å². The number of amides is 2. The van der Waals surface area contributed by atoms with E-state index in [9.17, 15) is 9.59 Å². The van der Waals surface area contributed by atoms with E-state index in [1.54, 1.807) is 13.0 Å². The smallest absolute Gasteiger partial charge is 0.228 e. The van der Waals surface area contributed by atoms with Crippen LogP contribution in [0.25, 0.3) is 0 Å². The van der Waals surface area contributed by atoms with Gasteiger partial charge in [0.2, 0.25) is 11.8 Å². The molecule has 2 unspecified atom stereocenters. The molecule has 2 amide bonds. The monoisotopic (exact) mass is 353 g/mol. The number of nitrogens with one attached hydrogen (secondary N) is 2. The van der Waals surface area contributed by atoms with Crippen LogP contribution in [-0.4, -0.2) is 17.9 Å². The normalized spacial score (nSPS) is 17.3. The Morgan fingerprint density at radius 3 is 2.25 bits per heavy atom. The summed E-state index contributed by atoms with van der Waals surface area (Å²) < 4.78 is 0. The molecule has 24 heavy (non-hydrogen) atoms. The fourth-order valence-corrected chi connectivity index (χ4v) is 2.78. The lowest BCUT2D eigenvalue weighted by atomic mass is 9.88. The summed E-state index contributed by atoms with van der Waals surface area (Å²) in [6, 6.07) is 7.05. The molecule has 1 aromatic carbocycles. The molecule has 0 radical (unpaired) electrons. The van der Waals surface area contributed by atoms with Crippen LogP contribution < -0.4 is 16.4 Å². The van der Waals surface area contributed by atoms with Crippen molar-refractivity contribution in [2.75, 3.05) is 10.6 Å². The fraction of sp³-hybridized carbons (Fsp3) is 0.556. The van der Waals surface area contributed by atoms with Gasteiger partial charge >= 0.3 is 0 Å². The number of rotatable bonds is 5. The number of carbonyl (C=O) groups is 2. The molecule has 1 aliphatic rings. The molecule has 4 N–H and O–H groups in total. The Bertz CT molecular complexity index is 557. The zero-order valence-corrected chi connectivity index (χ0v) is 15.2. The zero-order chi connectivity index (χ0) is 16.8. The van der Waals surface area contributed by atoms with Crippen LogP contribution in [0.5, 0.6) is 0 Å². The first-order valence-corrected chi connectivity index (χ1v) is 8.44. The van der Waals surface area contributed by atoms with Gasteiger partial charge in [-0.1, -0.05) is 32.3 Å². The lowest BCUT2D eigenvalue weighted by Crippen LogP contribution is -2.34. The Morgan fingerprint density at radius 1 is 1.08 bits per heavy atom. The Labute approximate surface area is 150 Å². The molecule has 134 valence electrons. The molecular weight excluding hydrogens is 326 g/mol. The first-order chi connectivity index (χ1) is 11.0. The first kappa shape index (κ1) is 20.5. The van der Waals surface area contributed by atoms with E-state index >= 15 is 0 Å². The molecule has 0 aromatic heterocycles. The molecule has 6 heteroatoms. The maximum absolute atomic E-state index is 12.3. The highest BCUT2D eigenvalue weighted by Crippen LogP contribution is 2.25. The summed E-state index contributed by atoms with van der Waals surface area (Å²) in [5, 5.41) is 5.81. The molecule has 1 aromatic rings. The summed E-state index contributed by atoms with van der Waals surface area (Å²) in [4.78, 5) is 24.3. The van der Waals surface area contributed by atoms with Gasteiger partial charge in [0, 0.05) is 23.3 Å². The largest absolute Gasteiger partial charge is 0.327 e. The summed E-state index contributed by atoms with van der Waals surface area (Å²) >= 11 is 0. The van der Waals surface area contributed by atoms with Crippen molar-refractivity contribution in [3.63, 3.8) is 0 Å². The van der Waals surface area contributed by atoms with Crippen molar-refractivity contribution in [1.82, 2.24) is 0 Å². The predicted octanol–water partition coefficient (Wildman–Crippen LogP) is 3.55. The van der Waals surface area contributed by atoms with E-state index in [0.29, 0.717) is 11.4 Å². The minimum atomic E-state index is -0.268. The van der Waals surface area contributed by atoms with Crippen LogP contribution in [0.4, 0.5) is 11.4 Å². The Kier molecular flexibility index (Phi) is 8.22. The Balaban J connectivity index is 0.00000288. The van der Waals surface area contributed by atoms with Crippen LogP contribution >= 0.6 is 12.4 Å². The van der Waals surface area contributed by atoms with Crippen molar-refractivity contribution in [2.45, 2.75) is 52.0 Å². The van der Waals surface area contributed by atoms with E-state index in [1.807, 2.05) is 25.1 Å². The average molecular weight is 354 g/mol. The molecule has 1 saturated carbocycles. The number of hydrogen-bond acceptors (Lipinski definition) is 3. The molecule has 2 rings (SSSR count). The molecule has 0 spiro atoms. The van der Waals surface area contributed by atoms with Crippen molar-refractivity contribution >= 4 is 35.6 Å². The van der Waals surface area contributed by atoms with E-state index in [-0.39, 0.29) is 42.1 Å². The third-order valence-electron chi connectivity index (χ3n) is 4.58. The van der Waals surface area contributed by atoms with Crippen LogP contribution in [0.1, 0.15) is 46.0 Å². The highest BCUT2D eigenvalue weighted by Gasteiger charge is 2.21. The number of carbonyl (C=O) groups excluding carboxylic acids is 2. The highest BCUT2D eigenvalue weighted by atomic mass is 35.5. The van der Waals surface area contributed by atoms with Gasteiger partial charge in [-0.2, -0.15) is 0 Å². The van der Waals surface area contributed by atoms with E-state index in [0.717, 1.165) is 25.7 Å². The predicted molar refractivity (Wildman–Crippen MR) is 100 cm³/mol. The van der Waals surface area contributed by atoms with Crippen LogP contribution in [0.3, 0.4) is 0 Å². The van der Waals surface area contributed by atoms with E-state index < -0.39 is 0 Å². The molecule has 1 aliphatic carbocycles. The lowest BCUT2D eigenvalue weighted by Gasteiger charge is -2.21. The van der Waals surface area contributed by atoms with Gasteiger partial charge in [-0.3, -0.25) is 9.59 Å². The second-order valence-corrected chi connectivity index (χ2v) is 6.54. The molecule has 0 saturated heterocycles. The zero-order valence-electron chi connectivity index (χ0n) is 14.4. The standard InChI is InChI=1S/C18H27N3O2.ClH/c1-12(13(2)19)17(22)20-15-9-6-10-16(11-15)21-18(23)14-7-4-3-5-8-14;/h6,9-14H,3-5,7-8,19H2,1-2H3,(H,20,22)(H,21,23);1H. The van der Waals surface area contributed by atoms with Gasteiger partial charge in [-0.25, -0.2) is 0 Å². The molecule has 5 nitrogen and oxygen atoms in total. The van der Waals surface area contributed by atoms with Crippen molar-refractivity contribution in [1.29, 1.82) is 0 Å². The van der Waals surface area contributed by atoms with Gasteiger partial charge < -0.3 is 16.4 Å². The van der Waals surface area contributed by atoms with Crippen LogP contribution in [0.2, 0.25) is 0 Å². The number of halogens is 1. The van der Waals surface area contributed by atoms with Crippen LogP contribution in [0.15, 0.2) is 24.3 Å². The number of hydrogen-bond donors (Lipinski definition) is 3. The molecule has 2 atom stereocenters. The summed E-state index contributed by atoms with van der Waals surface area (Å²) in [7, 11) is 0. The summed E-state index contributed by atoms with van der Waals surface area (Å²) in [5.41, 5.74) is 7.14. The topological polar surface area (TPSA) is 84.2 Å². The maximum Gasteiger partial charge on any atom is 0.228 e. The van der Waals surface area contributed by atoms with E-state index in [4.69, 9.17) is 5.73 Å². The maximum atomic E-state index is 12.3. The SMILES string of the molecule is CC(N)C(C)C(=O)Nc1cccc(NC(=O)C2CCCCC2)c1.Cl. The van der Waals surface area contributed by atoms with E-state index in [2.05, 4.69) is 10.6 Å². The van der Waals surface area contributed by atoms with Gasteiger partial charge in [0.05, 0.1) is 5.92 Å². The summed E-state index contributed by atoms with van der Waals surface area (Å²) in [5.74, 6) is -0.191. The van der Waals surface area contributed by atoms with E-state index in [1.165, 1.54) is 6.42 Å². The first-order valence-electron chi connectivity index (χ1n) is 8.44. The van der Waals surface area contributed by atoms with Gasteiger partial charge in [-0.15, -0.1) is 12.4 Å². The van der Waals surface area contributed by atoms with Crippen molar-refractivity contribution < 1.29 is 9.59 Å². The third kappa shape index (κ3) is 5.80. The molecule has 0 heterocycles. The highest BCUT2D eigenvalue weighted by molar-refractivity contribution is 5.95. The van der Waals surface area contributed by atoms with Crippen molar-refractivity contribution in [3.8, 4) is 0 Å². The third-order valence-corrected chi connectivity index (χ3v) is 4.58. The van der Waals surface area contributed by atoms with Gasteiger partial charge in [0.25, 0.3) is 0 Å². The van der Waals surface area contributed by atoms with Crippen LogP contribution in [0, 0.1) is 11.8 Å². The Morgan fingerprint density at radius 2 is 1.67 bits per heavy atom. The van der Waals surface area contributed by atoms with Gasteiger partial charge in [0.15, 0.2) is 0 Å². The molecule has 0 bridgehead atoms. The summed E-state index contributed by atoms with van der Waals surface area (Å²) in [6.07, 6.45) is 5.41.